The molecule has 0 atom stereocenters. The summed E-state index contributed by atoms with van der Waals surface area (Å²) in [5.74, 6) is -0.582. The fourth-order valence-electron chi connectivity index (χ4n) is 2.41. The molecule has 0 saturated carbocycles. The predicted octanol–water partition coefficient (Wildman–Crippen LogP) is 2.47. The number of aliphatic hydroxyl groups is 1. The SMILES string of the molecule is CN(CC1(O)CCOCC1)c1cc(F)c(Br)cc1[N+](=O)[O-]. The summed E-state index contributed by atoms with van der Waals surface area (Å²) in [5, 5.41) is 21.6. The highest BCUT2D eigenvalue weighted by Gasteiger charge is 2.33. The first-order chi connectivity index (χ1) is 9.82. The molecule has 116 valence electrons. The number of ether oxygens (including phenoxy) is 1. The normalized spacial score (nSPS) is 17.5. The highest BCUT2D eigenvalue weighted by Crippen LogP contribution is 2.34. The molecule has 0 aromatic heterocycles. The second kappa shape index (κ2) is 6.25. The Labute approximate surface area is 129 Å². The van der Waals surface area contributed by atoms with E-state index < -0.39 is 16.3 Å². The van der Waals surface area contributed by atoms with Crippen molar-refractivity contribution in [1.29, 1.82) is 0 Å². The molecule has 1 heterocycles. The van der Waals surface area contributed by atoms with E-state index in [1.54, 1.807) is 7.05 Å². The molecule has 1 saturated heterocycles. The summed E-state index contributed by atoms with van der Waals surface area (Å²) >= 11 is 2.94. The first-order valence-electron chi connectivity index (χ1n) is 6.47. The maximum atomic E-state index is 13.7. The quantitative estimate of drug-likeness (QED) is 0.657. The predicted molar refractivity (Wildman–Crippen MR) is 79.0 cm³/mol. The number of halogens is 2. The Balaban J connectivity index is 2.27. The number of nitrogens with zero attached hydrogens (tertiary/aromatic N) is 2. The Hall–Kier alpha value is -1.25. The van der Waals surface area contributed by atoms with Crippen LogP contribution in [0.5, 0.6) is 0 Å². The van der Waals surface area contributed by atoms with Gasteiger partial charge in [-0.15, -0.1) is 0 Å². The lowest BCUT2D eigenvalue weighted by atomic mass is 9.93. The Bertz CT molecular complexity index is 549. The minimum atomic E-state index is -0.982. The topological polar surface area (TPSA) is 75.8 Å². The van der Waals surface area contributed by atoms with E-state index in [0.717, 1.165) is 12.1 Å². The van der Waals surface area contributed by atoms with Gasteiger partial charge in [0.15, 0.2) is 0 Å². The summed E-state index contributed by atoms with van der Waals surface area (Å²) in [6.07, 6.45) is 0.897. The Kier molecular flexibility index (Phi) is 4.80. The van der Waals surface area contributed by atoms with Gasteiger partial charge >= 0.3 is 0 Å². The third kappa shape index (κ3) is 3.69. The van der Waals surface area contributed by atoms with Crippen molar-refractivity contribution in [3.8, 4) is 0 Å². The monoisotopic (exact) mass is 362 g/mol. The fraction of sp³-hybridized carbons (Fsp3) is 0.538. The number of hydrogen-bond acceptors (Lipinski definition) is 5. The maximum Gasteiger partial charge on any atom is 0.293 e. The highest BCUT2D eigenvalue weighted by molar-refractivity contribution is 9.10. The molecule has 1 aliphatic heterocycles. The van der Waals surface area contributed by atoms with Gasteiger partial charge in [0, 0.05) is 51.8 Å². The molecule has 1 aromatic carbocycles. The molecule has 6 nitrogen and oxygen atoms in total. The maximum absolute atomic E-state index is 13.7. The standard InChI is InChI=1S/C13H16BrFN2O4/c1-16(8-13(18)2-4-21-5-3-13)11-7-10(15)9(14)6-12(11)17(19)20/h6-7,18H,2-5,8H2,1H3. The van der Waals surface area contributed by atoms with Gasteiger partial charge in [-0.05, 0) is 15.9 Å². The van der Waals surface area contributed by atoms with Crippen LogP contribution < -0.4 is 4.90 Å². The van der Waals surface area contributed by atoms with Gasteiger partial charge in [0.2, 0.25) is 0 Å². The number of nitro groups is 1. The summed E-state index contributed by atoms with van der Waals surface area (Å²) < 4.78 is 18.9. The van der Waals surface area contributed by atoms with Crippen molar-refractivity contribution in [3.63, 3.8) is 0 Å². The molecule has 1 N–H and O–H groups in total. The van der Waals surface area contributed by atoms with Crippen molar-refractivity contribution in [3.05, 3.63) is 32.5 Å². The lowest BCUT2D eigenvalue weighted by Gasteiger charge is -2.36. The Morgan fingerprint density at radius 3 is 2.71 bits per heavy atom. The van der Waals surface area contributed by atoms with Crippen LogP contribution in [0.4, 0.5) is 15.8 Å². The highest BCUT2D eigenvalue weighted by atomic mass is 79.9. The van der Waals surface area contributed by atoms with E-state index in [-0.39, 0.29) is 22.4 Å². The second-order valence-corrected chi connectivity index (χ2v) is 6.06. The molecular weight excluding hydrogens is 347 g/mol. The molecule has 0 radical (unpaired) electrons. The van der Waals surface area contributed by atoms with E-state index in [0.29, 0.717) is 26.1 Å². The zero-order valence-electron chi connectivity index (χ0n) is 11.5. The minimum absolute atomic E-state index is 0.0381. The average molecular weight is 363 g/mol. The first kappa shape index (κ1) is 16.1. The minimum Gasteiger partial charge on any atom is -0.388 e. The van der Waals surface area contributed by atoms with E-state index >= 15 is 0 Å². The van der Waals surface area contributed by atoms with Gasteiger partial charge in [0.05, 0.1) is 15.0 Å². The summed E-state index contributed by atoms with van der Waals surface area (Å²) in [5.41, 5.74) is -1.05. The molecule has 1 aromatic rings. The number of nitro benzene ring substituents is 1. The number of hydrogen-bond donors (Lipinski definition) is 1. The van der Waals surface area contributed by atoms with Crippen LogP contribution in [0.15, 0.2) is 16.6 Å². The van der Waals surface area contributed by atoms with Crippen LogP contribution >= 0.6 is 15.9 Å². The molecule has 1 fully saturated rings. The molecule has 2 rings (SSSR count). The summed E-state index contributed by atoms with van der Waals surface area (Å²) in [6.45, 7) is 1.07. The van der Waals surface area contributed by atoms with Gasteiger partial charge in [-0.2, -0.15) is 0 Å². The zero-order valence-corrected chi connectivity index (χ0v) is 13.1. The third-order valence-electron chi connectivity index (χ3n) is 3.58. The average Bonchev–Trinajstić information content (AvgIpc) is 2.41. The molecule has 8 heteroatoms. The van der Waals surface area contributed by atoms with Gasteiger partial charge in [0.25, 0.3) is 5.69 Å². The zero-order chi connectivity index (χ0) is 15.6. The van der Waals surface area contributed by atoms with Gasteiger partial charge in [-0.25, -0.2) is 4.39 Å². The van der Waals surface area contributed by atoms with Crippen LogP contribution in [0.25, 0.3) is 0 Å². The molecule has 0 unspecified atom stereocenters. The molecule has 0 bridgehead atoms. The van der Waals surface area contributed by atoms with Crippen LogP contribution in [-0.2, 0) is 4.74 Å². The summed E-state index contributed by atoms with van der Waals surface area (Å²) in [4.78, 5) is 12.1. The number of benzene rings is 1. The third-order valence-corrected chi connectivity index (χ3v) is 4.19. The van der Waals surface area contributed by atoms with Crippen molar-refractivity contribution in [2.75, 3.05) is 31.7 Å². The van der Waals surface area contributed by atoms with Gasteiger partial charge in [-0.1, -0.05) is 0 Å². The Morgan fingerprint density at radius 2 is 2.14 bits per heavy atom. The van der Waals surface area contributed by atoms with Crippen LogP contribution in [0.3, 0.4) is 0 Å². The first-order valence-corrected chi connectivity index (χ1v) is 7.26. The van der Waals surface area contributed by atoms with Gasteiger partial charge < -0.3 is 14.7 Å². The fourth-order valence-corrected chi connectivity index (χ4v) is 2.75. The van der Waals surface area contributed by atoms with Crippen molar-refractivity contribution in [2.24, 2.45) is 0 Å². The summed E-state index contributed by atoms with van der Waals surface area (Å²) in [6, 6.07) is 2.24. The number of likely N-dealkylation sites (N-methyl/N-ethyl adjacent to an activating group) is 1. The van der Waals surface area contributed by atoms with Crippen molar-refractivity contribution in [2.45, 2.75) is 18.4 Å². The second-order valence-electron chi connectivity index (χ2n) is 5.20. The molecule has 21 heavy (non-hydrogen) atoms. The van der Waals surface area contributed by atoms with Crippen LogP contribution in [-0.4, -0.2) is 42.4 Å². The van der Waals surface area contributed by atoms with Gasteiger partial charge in [0.1, 0.15) is 11.5 Å². The van der Waals surface area contributed by atoms with E-state index in [2.05, 4.69) is 15.9 Å². The lowest BCUT2D eigenvalue weighted by molar-refractivity contribution is -0.384. The molecular formula is C13H16BrFN2O4. The van der Waals surface area contributed by atoms with Crippen molar-refractivity contribution in [1.82, 2.24) is 0 Å². The lowest BCUT2D eigenvalue weighted by Crippen LogP contribution is -2.45. The van der Waals surface area contributed by atoms with E-state index in [1.807, 2.05) is 0 Å². The largest absolute Gasteiger partial charge is 0.388 e. The molecule has 0 amide bonds. The Morgan fingerprint density at radius 1 is 1.52 bits per heavy atom. The van der Waals surface area contributed by atoms with Gasteiger partial charge in [-0.3, -0.25) is 10.1 Å². The molecule has 0 spiro atoms. The van der Waals surface area contributed by atoms with Crippen molar-refractivity contribution >= 4 is 27.3 Å². The van der Waals surface area contributed by atoms with E-state index in [4.69, 9.17) is 4.74 Å². The molecule has 0 aliphatic carbocycles. The van der Waals surface area contributed by atoms with Crippen molar-refractivity contribution < 1.29 is 19.2 Å². The van der Waals surface area contributed by atoms with E-state index in [1.165, 1.54) is 4.90 Å². The summed E-state index contributed by atoms with van der Waals surface area (Å²) in [7, 11) is 1.60. The van der Waals surface area contributed by atoms with E-state index in [9.17, 15) is 19.6 Å². The number of rotatable bonds is 4. The van der Waals surface area contributed by atoms with Crippen LogP contribution in [0.2, 0.25) is 0 Å². The molecule has 1 aliphatic rings. The smallest absolute Gasteiger partial charge is 0.293 e. The number of anilines is 1. The van der Waals surface area contributed by atoms with Crippen LogP contribution in [0.1, 0.15) is 12.8 Å². The van der Waals surface area contributed by atoms with Crippen LogP contribution in [0, 0.1) is 15.9 Å².